The molecule has 0 saturated carbocycles. The summed E-state index contributed by atoms with van der Waals surface area (Å²) >= 11 is 9.38. The van der Waals surface area contributed by atoms with Crippen LogP contribution in [0.2, 0.25) is 5.02 Å². The SMILES string of the molecule is COc1ccc(Cl)cc1NC(=O)CCNc1ccccc1Br. The summed E-state index contributed by atoms with van der Waals surface area (Å²) in [6.07, 6.45) is 0.330. The van der Waals surface area contributed by atoms with Crippen LogP contribution in [-0.4, -0.2) is 19.6 Å². The molecular weight excluding hydrogens is 368 g/mol. The number of benzene rings is 2. The summed E-state index contributed by atoms with van der Waals surface area (Å²) in [5.74, 6) is 0.469. The number of carbonyl (C=O) groups is 1. The number of ether oxygens (including phenoxy) is 1. The summed E-state index contributed by atoms with van der Waals surface area (Å²) in [4.78, 5) is 12.0. The van der Waals surface area contributed by atoms with Crippen molar-refractivity contribution in [3.63, 3.8) is 0 Å². The Labute approximate surface area is 142 Å². The summed E-state index contributed by atoms with van der Waals surface area (Å²) in [5, 5.41) is 6.55. The highest BCUT2D eigenvalue weighted by Crippen LogP contribution is 2.27. The number of hydrogen-bond acceptors (Lipinski definition) is 3. The molecule has 0 aliphatic rings. The third-order valence-electron chi connectivity index (χ3n) is 2.98. The maximum absolute atomic E-state index is 12.0. The van der Waals surface area contributed by atoms with Crippen LogP contribution in [0, 0.1) is 0 Å². The number of rotatable bonds is 6. The van der Waals surface area contributed by atoms with Gasteiger partial charge in [0.05, 0.1) is 12.8 Å². The van der Waals surface area contributed by atoms with Crippen molar-refractivity contribution in [2.45, 2.75) is 6.42 Å². The van der Waals surface area contributed by atoms with Gasteiger partial charge in [-0.1, -0.05) is 23.7 Å². The van der Waals surface area contributed by atoms with Crippen LogP contribution in [-0.2, 0) is 4.79 Å². The van der Waals surface area contributed by atoms with Crippen LogP contribution < -0.4 is 15.4 Å². The van der Waals surface area contributed by atoms with Gasteiger partial charge in [-0.15, -0.1) is 0 Å². The number of nitrogens with one attached hydrogen (secondary N) is 2. The van der Waals surface area contributed by atoms with Gasteiger partial charge in [-0.2, -0.15) is 0 Å². The average Bonchev–Trinajstić information content (AvgIpc) is 2.49. The van der Waals surface area contributed by atoms with Gasteiger partial charge in [0.15, 0.2) is 0 Å². The van der Waals surface area contributed by atoms with E-state index in [0.717, 1.165) is 10.2 Å². The second kappa shape index (κ2) is 8.06. The molecule has 0 aliphatic carbocycles. The van der Waals surface area contributed by atoms with Crippen molar-refractivity contribution in [3.8, 4) is 5.75 Å². The summed E-state index contributed by atoms with van der Waals surface area (Å²) < 4.78 is 6.16. The standard InChI is InChI=1S/C16H16BrClN2O2/c1-22-15-7-6-11(18)10-14(15)20-16(21)8-9-19-13-5-3-2-4-12(13)17/h2-7,10,19H,8-9H2,1H3,(H,20,21). The predicted octanol–water partition coefficient (Wildman–Crippen LogP) is 4.55. The van der Waals surface area contributed by atoms with E-state index in [1.807, 2.05) is 24.3 Å². The highest BCUT2D eigenvalue weighted by molar-refractivity contribution is 9.10. The Morgan fingerprint density at radius 1 is 1.23 bits per heavy atom. The molecule has 116 valence electrons. The molecule has 0 aromatic heterocycles. The second-order valence-electron chi connectivity index (χ2n) is 4.55. The lowest BCUT2D eigenvalue weighted by Crippen LogP contribution is -2.16. The van der Waals surface area contributed by atoms with Crippen molar-refractivity contribution in [2.24, 2.45) is 0 Å². The fourth-order valence-corrected chi connectivity index (χ4v) is 2.50. The van der Waals surface area contributed by atoms with Crippen molar-refractivity contribution in [3.05, 3.63) is 52.0 Å². The highest BCUT2D eigenvalue weighted by atomic mass is 79.9. The number of carbonyl (C=O) groups excluding carboxylic acids is 1. The molecule has 6 heteroatoms. The number of amides is 1. The minimum absolute atomic E-state index is 0.111. The summed E-state index contributed by atoms with van der Waals surface area (Å²) in [5.41, 5.74) is 1.52. The molecule has 4 nitrogen and oxygen atoms in total. The monoisotopic (exact) mass is 382 g/mol. The topological polar surface area (TPSA) is 50.4 Å². The molecule has 0 unspecified atom stereocenters. The van der Waals surface area contributed by atoms with Crippen molar-refractivity contribution in [2.75, 3.05) is 24.3 Å². The molecule has 22 heavy (non-hydrogen) atoms. The first kappa shape index (κ1) is 16.6. The van der Waals surface area contributed by atoms with E-state index in [4.69, 9.17) is 16.3 Å². The van der Waals surface area contributed by atoms with Crippen LogP contribution in [0.1, 0.15) is 6.42 Å². The first-order valence-electron chi connectivity index (χ1n) is 6.72. The smallest absolute Gasteiger partial charge is 0.226 e. The van der Waals surface area contributed by atoms with Crippen LogP contribution in [0.3, 0.4) is 0 Å². The van der Waals surface area contributed by atoms with Crippen molar-refractivity contribution < 1.29 is 9.53 Å². The van der Waals surface area contributed by atoms with Gasteiger partial charge in [-0.3, -0.25) is 4.79 Å². The van der Waals surface area contributed by atoms with Crippen molar-refractivity contribution in [1.82, 2.24) is 0 Å². The van der Waals surface area contributed by atoms with Gasteiger partial charge in [-0.05, 0) is 46.3 Å². The quantitative estimate of drug-likeness (QED) is 0.769. The molecule has 2 aromatic carbocycles. The van der Waals surface area contributed by atoms with Gasteiger partial charge in [0.2, 0.25) is 5.91 Å². The molecule has 0 saturated heterocycles. The van der Waals surface area contributed by atoms with Gasteiger partial charge < -0.3 is 15.4 Å². The average molecular weight is 384 g/mol. The predicted molar refractivity (Wildman–Crippen MR) is 93.9 cm³/mol. The molecule has 2 rings (SSSR count). The Hall–Kier alpha value is -1.72. The third-order valence-corrected chi connectivity index (χ3v) is 3.90. The van der Waals surface area contributed by atoms with Crippen molar-refractivity contribution in [1.29, 1.82) is 0 Å². The van der Waals surface area contributed by atoms with Crippen LogP contribution in [0.25, 0.3) is 0 Å². The van der Waals surface area contributed by atoms with Crippen molar-refractivity contribution >= 4 is 44.8 Å². The lowest BCUT2D eigenvalue weighted by atomic mass is 10.2. The molecule has 1 amide bonds. The first-order valence-corrected chi connectivity index (χ1v) is 7.89. The van der Waals surface area contributed by atoms with Gasteiger partial charge in [0, 0.05) is 28.1 Å². The van der Waals surface area contributed by atoms with E-state index in [9.17, 15) is 4.79 Å². The third kappa shape index (κ3) is 4.64. The molecule has 2 N–H and O–H groups in total. The lowest BCUT2D eigenvalue weighted by molar-refractivity contribution is -0.115. The molecule has 2 aromatic rings. The molecule has 0 radical (unpaired) electrons. The van der Waals surface area contributed by atoms with Gasteiger partial charge >= 0.3 is 0 Å². The number of anilines is 2. The number of methoxy groups -OCH3 is 1. The minimum Gasteiger partial charge on any atom is -0.495 e. The highest BCUT2D eigenvalue weighted by Gasteiger charge is 2.08. The molecule has 0 fully saturated rings. The van der Waals surface area contributed by atoms with E-state index in [0.29, 0.717) is 29.4 Å². The van der Waals surface area contributed by atoms with E-state index < -0.39 is 0 Å². The number of halogens is 2. The normalized spacial score (nSPS) is 10.1. The summed E-state index contributed by atoms with van der Waals surface area (Å²) in [7, 11) is 1.55. The zero-order valence-corrected chi connectivity index (χ0v) is 14.4. The molecule has 0 spiro atoms. The van der Waals surface area contributed by atoms with Gasteiger partial charge in [0.25, 0.3) is 0 Å². The maximum Gasteiger partial charge on any atom is 0.226 e. The lowest BCUT2D eigenvalue weighted by Gasteiger charge is -2.11. The zero-order valence-electron chi connectivity index (χ0n) is 12.0. The van der Waals surface area contributed by atoms with E-state index in [2.05, 4.69) is 26.6 Å². The van der Waals surface area contributed by atoms with E-state index in [-0.39, 0.29) is 5.91 Å². The Morgan fingerprint density at radius 2 is 2.00 bits per heavy atom. The van der Waals surface area contributed by atoms with Crippen LogP contribution in [0.15, 0.2) is 46.9 Å². The summed E-state index contributed by atoms with van der Waals surface area (Å²) in [6.45, 7) is 0.525. The van der Waals surface area contributed by atoms with E-state index in [1.165, 1.54) is 0 Å². The molecular formula is C16H16BrClN2O2. The largest absolute Gasteiger partial charge is 0.495 e. The van der Waals surface area contributed by atoms with Crippen LogP contribution in [0.5, 0.6) is 5.75 Å². The van der Waals surface area contributed by atoms with Gasteiger partial charge in [-0.25, -0.2) is 0 Å². The Morgan fingerprint density at radius 3 is 2.73 bits per heavy atom. The Balaban J connectivity index is 1.88. The summed E-state index contributed by atoms with van der Waals surface area (Å²) in [6, 6.07) is 12.9. The molecule has 0 aliphatic heterocycles. The second-order valence-corrected chi connectivity index (χ2v) is 5.84. The maximum atomic E-state index is 12.0. The molecule has 0 bridgehead atoms. The van der Waals surface area contributed by atoms with E-state index >= 15 is 0 Å². The fraction of sp³-hybridized carbons (Fsp3) is 0.188. The first-order chi connectivity index (χ1) is 10.6. The molecule has 0 heterocycles. The number of hydrogen-bond donors (Lipinski definition) is 2. The Kier molecular flexibility index (Phi) is 6.10. The van der Waals surface area contributed by atoms with Crippen LogP contribution in [0.4, 0.5) is 11.4 Å². The zero-order chi connectivity index (χ0) is 15.9. The van der Waals surface area contributed by atoms with Crippen LogP contribution >= 0.6 is 27.5 Å². The fourth-order valence-electron chi connectivity index (χ4n) is 1.91. The Bertz CT molecular complexity index is 664. The minimum atomic E-state index is -0.111. The number of para-hydroxylation sites is 1. The molecule has 0 atom stereocenters. The van der Waals surface area contributed by atoms with Gasteiger partial charge in [0.1, 0.15) is 5.75 Å². The van der Waals surface area contributed by atoms with E-state index in [1.54, 1.807) is 25.3 Å².